The van der Waals surface area contributed by atoms with E-state index in [-0.39, 0.29) is 33.4 Å². The molecular weight excluding hydrogens is 399 g/mol. The van der Waals surface area contributed by atoms with Crippen molar-refractivity contribution in [3.63, 3.8) is 0 Å². The molecule has 1 atom stereocenters. The number of H-pyrrole nitrogens is 1. The van der Waals surface area contributed by atoms with Crippen LogP contribution in [0.2, 0.25) is 0 Å². The van der Waals surface area contributed by atoms with Gasteiger partial charge in [0.1, 0.15) is 17.7 Å². The summed E-state index contributed by atoms with van der Waals surface area (Å²) in [6.45, 7) is 4.02. The van der Waals surface area contributed by atoms with Gasteiger partial charge in [-0.3, -0.25) is 9.59 Å². The molecule has 30 heavy (non-hydrogen) atoms. The lowest BCUT2D eigenvalue weighted by Crippen LogP contribution is -2.43. The zero-order chi connectivity index (χ0) is 22.2. The van der Waals surface area contributed by atoms with E-state index in [1.54, 1.807) is 0 Å². The minimum absolute atomic E-state index is 0.0141. The van der Waals surface area contributed by atoms with E-state index in [0.29, 0.717) is 0 Å². The normalized spacial score (nSPS) is 12.4. The number of hydrogen-bond donors (Lipinski definition) is 2. The molecule has 0 aliphatic rings. The first-order valence-corrected chi connectivity index (χ1v) is 8.81. The summed E-state index contributed by atoms with van der Waals surface area (Å²) in [6.07, 6.45) is 2.39. The smallest absolute Gasteiger partial charge is 0.341 e. The number of nitrogens with one attached hydrogen (secondary N) is 2. The van der Waals surface area contributed by atoms with Crippen molar-refractivity contribution in [2.45, 2.75) is 32.7 Å². The molecule has 0 aliphatic carbocycles. The van der Waals surface area contributed by atoms with Crippen LogP contribution < -0.4 is 10.9 Å². The Labute approximate surface area is 168 Å². The predicted octanol–water partition coefficient (Wildman–Crippen LogP) is 2.91. The lowest BCUT2D eigenvalue weighted by molar-refractivity contribution is -0.148. The third-order valence-electron chi connectivity index (χ3n) is 4.76. The van der Waals surface area contributed by atoms with Crippen molar-refractivity contribution in [3.05, 3.63) is 68.8 Å². The van der Waals surface area contributed by atoms with Gasteiger partial charge < -0.3 is 10.3 Å². The van der Waals surface area contributed by atoms with Crippen molar-refractivity contribution in [2.75, 3.05) is 0 Å². The number of rotatable bonds is 4. The van der Waals surface area contributed by atoms with Crippen molar-refractivity contribution in [3.8, 4) is 6.07 Å². The van der Waals surface area contributed by atoms with Gasteiger partial charge in [-0.15, -0.1) is 0 Å². The molecule has 0 aliphatic heterocycles. The van der Waals surface area contributed by atoms with E-state index < -0.39 is 34.8 Å². The lowest BCUT2D eigenvalue weighted by Gasteiger charge is -2.21. The second-order valence-corrected chi connectivity index (χ2v) is 6.76. The second-order valence-electron chi connectivity index (χ2n) is 6.76. The fraction of sp³-hybridized carbons (Fsp3) is 0.250. The number of pyridine rings is 1. The molecule has 2 aromatic heterocycles. The van der Waals surface area contributed by atoms with E-state index in [1.807, 2.05) is 6.07 Å². The Balaban J connectivity index is 2.00. The van der Waals surface area contributed by atoms with Crippen LogP contribution in [0, 0.1) is 31.0 Å². The molecule has 10 heteroatoms. The average Bonchev–Trinajstić information content (AvgIpc) is 2.70. The number of hydrogen-bond acceptors (Lipinski definition) is 5. The Morgan fingerprint density at radius 1 is 1.23 bits per heavy atom. The third-order valence-corrected chi connectivity index (χ3v) is 4.76. The molecule has 0 saturated carbocycles. The maximum absolute atomic E-state index is 15.0. The molecule has 1 unspecified atom stereocenters. The topological polar surface area (TPSA) is 112 Å². The molecule has 3 aromatic rings. The maximum Gasteiger partial charge on any atom is 0.355 e. The highest BCUT2D eigenvalue weighted by atomic mass is 19.3. The summed E-state index contributed by atoms with van der Waals surface area (Å²) in [5.41, 5.74) is -1.95. The minimum Gasteiger partial charge on any atom is -0.341 e. The number of nitrogens with zero attached hydrogens (tertiary/aromatic N) is 3. The standard InChI is InChI=1S/C20H16F3N5O2/c1-9-13(21)4-5-14-15(9)10(2)16(18(29)28-14)20(22,23)19(30)27-11(3)17-25-7-12(6-24)8-26-17/h4-5,7-8,11H,1-3H3,(H,27,30)(H,28,29). The largest absolute Gasteiger partial charge is 0.355 e. The highest BCUT2D eigenvalue weighted by molar-refractivity contribution is 5.90. The Morgan fingerprint density at radius 2 is 1.87 bits per heavy atom. The van der Waals surface area contributed by atoms with Gasteiger partial charge in [0.15, 0.2) is 0 Å². The molecule has 2 N–H and O–H groups in total. The van der Waals surface area contributed by atoms with Gasteiger partial charge >= 0.3 is 5.92 Å². The molecule has 0 radical (unpaired) electrons. The molecule has 0 saturated heterocycles. The average molecular weight is 415 g/mol. The van der Waals surface area contributed by atoms with Gasteiger partial charge in [-0.2, -0.15) is 14.0 Å². The number of aromatic nitrogens is 3. The van der Waals surface area contributed by atoms with Crippen LogP contribution in [0.15, 0.2) is 29.3 Å². The van der Waals surface area contributed by atoms with Gasteiger partial charge in [-0.05, 0) is 44.0 Å². The number of aryl methyl sites for hydroxylation is 2. The van der Waals surface area contributed by atoms with Crippen LogP contribution in [0.25, 0.3) is 10.9 Å². The second kappa shape index (κ2) is 7.59. The first kappa shape index (κ1) is 21.0. The molecule has 0 bridgehead atoms. The summed E-state index contributed by atoms with van der Waals surface area (Å²) >= 11 is 0. The van der Waals surface area contributed by atoms with Gasteiger partial charge in [0.2, 0.25) is 0 Å². The SMILES string of the molecule is Cc1c(F)ccc2[nH]c(=O)c(C(F)(F)C(=O)NC(C)c3ncc(C#N)cn3)c(C)c12. The molecule has 2 heterocycles. The zero-order valence-electron chi connectivity index (χ0n) is 16.2. The molecule has 0 spiro atoms. The quantitative estimate of drug-likeness (QED) is 0.681. The van der Waals surface area contributed by atoms with E-state index in [2.05, 4.69) is 20.3 Å². The summed E-state index contributed by atoms with van der Waals surface area (Å²) < 4.78 is 44.0. The maximum atomic E-state index is 15.0. The molecule has 3 rings (SSSR count). The van der Waals surface area contributed by atoms with Crippen LogP contribution in [0.4, 0.5) is 13.2 Å². The number of amides is 1. The Bertz CT molecular complexity index is 1250. The van der Waals surface area contributed by atoms with Crippen molar-refractivity contribution in [2.24, 2.45) is 0 Å². The summed E-state index contributed by atoms with van der Waals surface area (Å²) in [5.74, 6) is -6.54. The fourth-order valence-corrected chi connectivity index (χ4v) is 3.22. The molecule has 154 valence electrons. The lowest BCUT2D eigenvalue weighted by atomic mass is 9.96. The first-order valence-electron chi connectivity index (χ1n) is 8.81. The minimum atomic E-state index is -4.20. The highest BCUT2D eigenvalue weighted by Crippen LogP contribution is 2.33. The fourth-order valence-electron chi connectivity index (χ4n) is 3.22. The Morgan fingerprint density at radius 3 is 2.47 bits per heavy atom. The molecule has 7 nitrogen and oxygen atoms in total. The van der Waals surface area contributed by atoms with Gasteiger partial charge in [0.25, 0.3) is 11.5 Å². The summed E-state index contributed by atoms with van der Waals surface area (Å²) in [5, 5.41) is 10.9. The van der Waals surface area contributed by atoms with Crippen LogP contribution in [-0.2, 0) is 10.7 Å². The van der Waals surface area contributed by atoms with Crippen LogP contribution in [0.1, 0.15) is 41.0 Å². The van der Waals surface area contributed by atoms with E-state index in [4.69, 9.17) is 5.26 Å². The number of carbonyl (C=O) groups excluding carboxylic acids is 1. The summed E-state index contributed by atoms with van der Waals surface area (Å²) in [6, 6.07) is 3.20. The predicted molar refractivity (Wildman–Crippen MR) is 101 cm³/mol. The van der Waals surface area contributed by atoms with Crippen molar-refractivity contribution in [1.82, 2.24) is 20.3 Å². The third kappa shape index (κ3) is 3.50. The molecule has 0 fully saturated rings. The van der Waals surface area contributed by atoms with Gasteiger partial charge in [0, 0.05) is 23.3 Å². The Hall–Kier alpha value is -3.74. The van der Waals surface area contributed by atoms with Crippen molar-refractivity contribution < 1.29 is 18.0 Å². The number of aromatic amines is 1. The highest BCUT2D eigenvalue weighted by Gasteiger charge is 2.45. The zero-order valence-corrected chi connectivity index (χ0v) is 16.2. The first-order chi connectivity index (χ1) is 14.1. The number of alkyl halides is 2. The van der Waals surface area contributed by atoms with Gasteiger partial charge in [0.05, 0.1) is 17.2 Å². The summed E-state index contributed by atoms with van der Waals surface area (Å²) in [4.78, 5) is 34.7. The van der Waals surface area contributed by atoms with E-state index in [1.165, 1.54) is 39.2 Å². The number of carbonyl (C=O) groups is 1. The Kier molecular flexibility index (Phi) is 5.31. The van der Waals surface area contributed by atoms with Crippen molar-refractivity contribution in [1.29, 1.82) is 5.26 Å². The van der Waals surface area contributed by atoms with E-state index >= 15 is 8.78 Å². The van der Waals surface area contributed by atoms with Crippen LogP contribution in [-0.4, -0.2) is 20.9 Å². The number of halogens is 3. The molecule has 1 aromatic carbocycles. The number of benzene rings is 1. The number of fused-ring (bicyclic) bond motifs is 1. The van der Waals surface area contributed by atoms with Gasteiger partial charge in [-0.25, -0.2) is 14.4 Å². The van der Waals surface area contributed by atoms with Crippen molar-refractivity contribution >= 4 is 16.8 Å². The van der Waals surface area contributed by atoms with Crippen LogP contribution in [0.5, 0.6) is 0 Å². The van der Waals surface area contributed by atoms with Crippen LogP contribution in [0.3, 0.4) is 0 Å². The monoisotopic (exact) mass is 415 g/mol. The van der Waals surface area contributed by atoms with E-state index in [0.717, 1.165) is 6.07 Å². The van der Waals surface area contributed by atoms with Gasteiger partial charge in [-0.1, -0.05) is 0 Å². The summed E-state index contributed by atoms with van der Waals surface area (Å²) in [7, 11) is 0. The van der Waals surface area contributed by atoms with Crippen LogP contribution >= 0.6 is 0 Å². The number of nitriles is 1. The molecule has 1 amide bonds. The van der Waals surface area contributed by atoms with E-state index in [9.17, 15) is 14.0 Å². The molecular formula is C20H16F3N5O2.